The van der Waals surface area contributed by atoms with Crippen molar-refractivity contribution in [1.29, 1.82) is 0 Å². The third kappa shape index (κ3) is 3.72. The molecular weight excluding hydrogens is 311 g/mol. The molecule has 4 nitrogen and oxygen atoms in total. The molecule has 0 N–H and O–H groups in total. The van der Waals surface area contributed by atoms with E-state index in [1.54, 1.807) is 6.92 Å². The van der Waals surface area contributed by atoms with Gasteiger partial charge in [0.1, 0.15) is 10.7 Å². The minimum Gasteiger partial charge on any atom is -0.260 e. The van der Waals surface area contributed by atoms with Crippen molar-refractivity contribution in [3.8, 4) is 0 Å². The van der Waals surface area contributed by atoms with Crippen LogP contribution in [0.25, 0.3) is 0 Å². The Labute approximate surface area is 109 Å². The molecule has 0 bridgehead atoms. The Balaban J connectivity index is 3.00. The summed E-state index contributed by atoms with van der Waals surface area (Å²) in [6.45, 7) is 2.50. The molecule has 0 spiro atoms. The highest BCUT2D eigenvalue weighted by Crippen LogP contribution is 2.15. The molecule has 0 aliphatic rings. The van der Waals surface area contributed by atoms with Gasteiger partial charge in [0.15, 0.2) is 0 Å². The zero-order chi connectivity index (χ0) is 12.9. The predicted octanol–water partition coefficient (Wildman–Crippen LogP) is 2.02. The van der Waals surface area contributed by atoms with E-state index in [1.807, 2.05) is 0 Å². The smallest absolute Gasteiger partial charge is 0.244 e. The van der Waals surface area contributed by atoms with E-state index < -0.39 is 15.8 Å². The van der Waals surface area contributed by atoms with E-state index in [2.05, 4.69) is 20.9 Å². The van der Waals surface area contributed by atoms with Crippen LogP contribution in [0.4, 0.5) is 4.39 Å². The average Bonchev–Trinajstić information content (AvgIpc) is 2.30. The number of nitrogens with zero attached hydrogens (tertiary/aromatic N) is 2. The highest BCUT2D eigenvalue weighted by atomic mass is 79.9. The molecule has 17 heavy (non-hydrogen) atoms. The molecule has 0 atom stereocenters. The molecular formula is C10H14BrFN2O2S. The summed E-state index contributed by atoms with van der Waals surface area (Å²) in [7, 11) is -3.64. The first-order valence-corrected chi connectivity index (χ1v) is 7.75. The Hall–Kier alpha value is -0.530. The van der Waals surface area contributed by atoms with Crippen LogP contribution in [0.2, 0.25) is 0 Å². The number of pyridine rings is 1. The Kier molecular flexibility index (Phi) is 5.48. The predicted molar refractivity (Wildman–Crippen MR) is 67.0 cm³/mol. The standard InChI is InChI=1S/C10H14BrFN2O2S/c1-2-14(5-3-4-11)17(15,16)10-6-9(12)7-13-8-10/h6-8H,2-5H2,1H3. The van der Waals surface area contributed by atoms with Crippen LogP contribution in [-0.4, -0.2) is 36.1 Å². The summed E-state index contributed by atoms with van der Waals surface area (Å²) in [4.78, 5) is 3.45. The van der Waals surface area contributed by atoms with Gasteiger partial charge in [-0.2, -0.15) is 4.31 Å². The fraction of sp³-hybridized carbons (Fsp3) is 0.500. The van der Waals surface area contributed by atoms with E-state index >= 15 is 0 Å². The maximum atomic E-state index is 13.0. The summed E-state index contributed by atoms with van der Waals surface area (Å²) < 4.78 is 38.5. The van der Waals surface area contributed by atoms with Crippen molar-refractivity contribution in [2.24, 2.45) is 0 Å². The van der Waals surface area contributed by atoms with Crippen LogP contribution < -0.4 is 0 Å². The molecule has 0 saturated heterocycles. The molecule has 1 aromatic rings. The zero-order valence-electron chi connectivity index (χ0n) is 9.44. The summed E-state index contributed by atoms with van der Waals surface area (Å²) in [5.41, 5.74) is 0. The molecule has 0 fully saturated rings. The molecule has 0 aromatic carbocycles. The molecule has 96 valence electrons. The van der Waals surface area contributed by atoms with Crippen molar-refractivity contribution in [2.75, 3.05) is 18.4 Å². The Morgan fingerprint density at radius 2 is 2.18 bits per heavy atom. The number of halogens is 2. The lowest BCUT2D eigenvalue weighted by Crippen LogP contribution is -2.32. The van der Waals surface area contributed by atoms with Gasteiger partial charge in [-0.25, -0.2) is 12.8 Å². The van der Waals surface area contributed by atoms with Crippen molar-refractivity contribution < 1.29 is 12.8 Å². The fourth-order valence-corrected chi connectivity index (χ4v) is 3.08. The molecule has 0 aliphatic heterocycles. The number of rotatable bonds is 6. The number of hydrogen-bond acceptors (Lipinski definition) is 3. The fourth-order valence-electron chi connectivity index (χ4n) is 1.37. The van der Waals surface area contributed by atoms with Crippen LogP contribution >= 0.6 is 15.9 Å². The number of hydrogen-bond donors (Lipinski definition) is 0. The minimum absolute atomic E-state index is 0.103. The third-order valence-corrected chi connectivity index (χ3v) is 4.71. The average molecular weight is 325 g/mol. The summed E-state index contributed by atoms with van der Waals surface area (Å²) in [5.74, 6) is -0.650. The quantitative estimate of drug-likeness (QED) is 0.752. The maximum absolute atomic E-state index is 13.0. The SMILES string of the molecule is CCN(CCCBr)S(=O)(=O)c1cncc(F)c1. The number of aromatic nitrogens is 1. The second-order valence-corrected chi connectivity index (χ2v) is 6.11. The summed E-state index contributed by atoms with van der Waals surface area (Å²) in [6, 6.07) is 0.985. The van der Waals surface area contributed by atoms with E-state index in [-0.39, 0.29) is 4.90 Å². The van der Waals surface area contributed by atoms with Crippen LogP contribution in [0.5, 0.6) is 0 Å². The van der Waals surface area contributed by atoms with Gasteiger partial charge in [-0.15, -0.1) is 0 Å². The summed E-state index contributed by atoms with van der Waals surface area (Å²) in [6.07, 6.45) is 2.85. The van der Waals surface area contributed by atoms with Gasteiger partial charge in [-0.05, 0) is 12.5 Å². The maximum Gasteiger partial charge on any atom is 0.244 e. The van der Waals surface area contributed by atoms with Gasteiger partial charge in [0.25, 0.3) is 0 Å². The molecule has 1 aromatic heterocycles. The Bertz CT molecular complexity index is 467. The molecule has 0 unspecified atom stereocenters. The molecule has 1 heterocycles. The largest absolute Gasteiger partial charge is 0.260 e. The van der Waals surface area contributed by atoms with Gasteiger partial charge >= 0.3 is 0 Å². The Morgan fingerprint density at radius 3 is 2.71 bits per heavy atom. The van der Waals surface area contributed by atoms with Crippen molar-refractivity contribution >= 4 is 26.0 Å². The first kappa shape index (κ1) is 14.5. The highest BCUT2D eigenvalue weighted by Gasteiger charge is 2.23. The van der Waals surface area contributed by atoms with E-state index in [0.29, 0.717) is 19.5 Å². The van der Waals surface area contributed by atoms with E-state index in [1.165, 1.54) is 4.31 Å². The summed E-state index contributed by atoms with van der Waals surface area (Å²) in [5, 5.41) is 0.723. The van der Waals surface area contributed by atoms with Crippen LogP contribution in [0.3, 0.4) is 0 Å². The van der Waals surface area contributed by atoms with E-state index in [4.69, 9.17) is 0 Å². The molecule has 0 radical (unpaired) electrons. The lowest BCUT2D eigenvalue weighted by atomic mass is 10.5. The molecule has 1 rings (SSSR count). The zero-order valence-corrected chi connectivity index (χ0v) is 11.8. The monoisotopic (exact) mass is 324 g/mol. The van der Waals surface area contributed by atoms with Gasteiger partial charge in [0.2, 0.25) is 10.0 Å². The van der Waals surface area contributed by atoms with E-state index in [0.717, 1.165) is 23.8 Å². The summed E-state index contributed by atoms with van der Waals surface area (Å²) >= 11 is 3.25. The van der Waals surface area contributed by atoms with Gasteiger partial charge in [-0.1, -0.05) is 22.9 Å². The minimum atomic E-state index is -3.64. The second kappa shape index (κ2) is 6.42. The third-order valence-electron chi connectivity index (χ3n) is 2.21. The van der Waals surface area contributed by atoms with E-state index in [9.17, 15) is 12.8 Å². The number of sulfonamides is 1. The van der Waals surface area contributed by atoms with Gasteiger partial charge in [-0.3, -0.25) is 4.98 Å². The van der Waals surface area contributed by atoms with Gasteiger partial charge in [0.05, 0.1) is 6.20 Å². The van der Waals surface area contributed by atoms with Crippen molar-refractivity contribution in [3.05, 3.63) is 24.3 Å². The highest BCUT2D eigenvalue weighted by molar-refractivity contribution is 9.09. The van der Waals surface area contributed by atoms with Crippen LogP contribution in [0.15, 0.2) is 23.4 Å². The van der Waals surface area contributed by atoms with Crippen molar-refractivity contribution in [1.82, 2.24) is 9.29 Å². The topological polar surface area (TPSA) is 50.3 Å². The van der Waals surface area contributed by atoms with Gasteiger partial charge < -0.3 is 0 Å². The lowest BCUT2D eigenvalue weighted by molar-refractivity contribution is 0.428. The molecule has 7 heteroatoms. The first-order valence-electron chi connectivity index (χ1n) is 5.19. The normalized spacial score (nSPS) is 12.0. The Morgan fingerprint density at radius 1 is 1.47 bits per heavy atom. The second-order valence-electron chi connectivity index (χ2n) is 3.38. The van der Waals surface area contributed by atoms with Crippen LogP contribution in [0.1, 0.15) is 13.3 Å². The lowest BCUT2D eigenvalue weighted by Gasteiger charge is -2.19. The van der Waals surface area contributed by atoms with Crippen molar-refractivity contribution in [2.45, 2.75) is 18.2 Å². The van der Waals surface area contributed by atoms with Crippen molar-refractivity contribution in [3.63, 3.8) is 0 Å². The van der Waals surface area contributed by atoms with Crippen LogP contribution in [0, 0.1) is 5.82 Å². The molecule has 0 saturated carbocycles. The number of alkyl halides is 1. The van der Waals surface area contributed by atoms with Crippen LogP contribution in [-0.2, 0) is 10.0 Å². The molecule has 0 amide bonds. The molecule has 0 aliphatic carbocycles. The van der Waals surface area contributed by atoms with Gasteiger partial charge in [0, 0.05) is 24.6 Å². The first-order chi connectivity index (χ1) is 8.02.